The number of likely N-dealkylation sites (tertiary alicyclic amines) is 2. The van der Waals surface area contributed by atoms with Crippen molar-refractivity contribution < 1.29 is 9.59 Å². The van der Waals surface area contributed by atoms with Crippen LogP contribution in [-0.4, -0.2) is 65.3 Å². The average Bonchev–Trinajstić information content (AvgIpc) is 2.91. The van der Waals surface area contributed by atoms with E-state index in [4.69, 9.17) is 0 Å². The monoisotopic (exact) mass is 490 g/mol. The van der Waals surface area contributed by atoms with E-state index >= 15 is 0 Å². The lowest BCUT2D eigenvalue weighted by Crippen LogP contribution is -2.58. The van der Waals surface area contributed by atoms with Gasteiger partial charge in [-0.1, -0.05) is 19.9 Å². The third-order valence-electron chi connectivity index (χ3n) is 9.72. The smallest absolute Gasteiger partial charge is 0.233 e. The quantitative estimate of drug-likeness (QED) is 0.611. The minimum atomic E-state index is -0.501. The van der Waals surface area contributed by atoms with Crippen molar-refractivity contribution in [3.05, 3.63) is 34.9 Å². The number of benzene rings is 1. The van der Waals surface area contributed by atoms with Crippen LogP contribution in [0.15, 0.2) is 18.2 Å². The second kappa shape index (κ2) is 10.5. The second-order valence-corrected chi connectivity index (χ2v) is 12.0. The Kier molecular flexibility index (Phi) is 7.40. The normalized spacial score (nSPS) is 26.8. The van der Waals surface area contributed by atoms with Gasteiger partial charge in [0.25, 0.3) is 0 Å². The number of carbonyl (C=O) groups is 2. The second-order valence-electron chi connectivity index (χ2n) is 12.0. The summed E-state index contributed by atoms with van der Waals surface area (Å²) in [7, 11) is 0. The van der Waals surface area contributed by atoms with Gasteiger partial charge in [-0.3, -0.25) is 9.59 Å². The van der Waals surface area contributed by atoms with Gasteiger partial charge in [-0.2, -0.15) is 5.26 Å². The minimum absolute atomic E-state index is 0.216. The van der Waals surface area contributed by atoms with E-state index in [2.05, 4.69) is 30.9 Å². The number of nitrogens with zero attached hydrogens (tertiary/aromatic N) is 4. The molecule has 0 radical (unpaired) electrons. The summed E-state index contributed by atoms with van der Waals surface area (Å²) >= 11 is 0. The van der Waals surface area contributed by atoms with E-state index < -0.39 is 5.41 Å². The predicted octanol–water partition coefficient (Wildman–Crippen LogP) is 4.46. The number of rotatable bonds is 5. The van der Waals surface area contributed by atoms with Gasteiger partial charge in [0.1, 0.15) is 0 Å². The SMILES string of the molecule is CC(C)[C@H]1CC[C@@H](N2CCC3(CC2)C(=O)N(CCN2CCCCC2=O)Cc2cc(C#N)ccc23)CC1. The standard InChI is InChI=1S/C30H42N4O2/c1-22(2)24-7-9-26(10-8-24)32-15-12-30(13-16-32)27-11-6-23(20-31)19-25(27)21-34(29(30)36)18-17-33-14-4-3-5-28(33)35/h6,11,19,22,24,26H,3-5,7-10,12-18,21H2,1-2H3/t24-,26+. The Morgan fingerprint density at radius 2 is 1.72 bits per heavy atom. The Morgan fingerprint density at radius 1 is 1.00 bits per heavy atom. The van der Waals surface area contributed by atoms with Crippen molar-refractivity contribution in [2.45, 2.75) is 89.6 Å². The van der Waals surface area contributed by atoms with E-state index in [-0.39, 0.29) is 11.8 Å². The molecule has 2 saturated heterocycles. The third-order valence-corrected chi connectivity index (χ3v) is 9.72. The van der Waals surface area contributed by atoms with Crippen LogP contribution in [0.4, 0.5) is 0 Å². The van der Waals surface area contributed by atoms with Crippen LogP contribution in [0.25, 0.3) is 0 Å². The van der Waals surface area contributed by atoms with E-state index in [1.54, 1.807) is 0 Å². The van der Waals surface area contributed by atoms with Gasteiger partial charge in [0.05, 0.1) is 17.0 Å². The van der Waals surface area contributed by atoms with Gasteiger partial charge in [-0.25, -0.2) is 0 Å². The molecule has 6 nitrogen and oxygen atoms in total. The number of fused-ring (bicyclic) bond motifs is 2. The molecule has 0 bridgehead atoms. The maximum absolute atomic E-state index is 14.1. The van der Waals surface area contributed by atoms with Crippen molar-refractivity contribution in [1.29, 1.82) is 5.26 Å². The van der Waals surface area contributed by atoms with Gasteiger partial charge in [0, 0.05) is 38.6 Å². The summed E-state index contributed by atoms with van der Waals surface area (Å²) in [6.45, 7) is 9.15. The number of piperidine rings is 2. The lowest BCUT2D eigenvalue weighted by atomic mass is 9.67. The Hall–Kier alpha value is -2.39. The molecule has 0 aromatic heterocycles. The highest BCUT2D eigenvalue weighted by Crippen LogP contribution is 2.44. The average molecular weight is 491 g/mol. The van der Waals surface area contributed by atoms with Crippen molar-refractivity contribution in [3.8, 4) is 6.07 Å². The molecule has 2 amide bonds. The van der Waals surface area contributed by atoms with E-state index in [0.29, 0.717) is 37.7 Å². The molecule has 0 N–H and O–H groups in total. The van der Waals surface area contributed by atoms with Crippen molar-refractivity contribution in [1.82, 2.24) is 14.7 Å². The molecule has 1 saturated carbocycles. The van der Waals surface area contributed by atoms with Gasteiger partial charge in [0.2, 0.25) is 11.8 Å². The fourth-order valence-corrected chi connectivity index (χ4v) is 7.36. The third kappa shape index (κ3) is 4.79. The van der Waals surface area contributed by atoms with Crippen LogP contribution >= 0.6 is 0 Å². The molecule has 36 heavy (non-hydrogen) atoms. The number of amides is 2. The van der Waals surface area contributed by atoms with Crippen LogP contribution in [-0.2, 0) is 21.5 Å². The van der Waals surface area contributed by atoms with Crippen LogP contribution in [0.1, 0.15) is 88.3 Å². The Morgan fingerprint density at radius 3 is 2.39 bits per heavy atom. The molecule has 1 spiro atoms. The molecule has 0 unspecified atom stereocenters. The summed E-state index contributed by atoms with van der Waals surface area (Å²) in [5.41, 5.74) is 2.41. The van der Waals surface area contributed by atoms with Crippen molar-refractivity contribution in [3.63, 3.8) is 0 Å². The summed E-state index contributed by atoms with van der Waals surface area (Å²) in [5.74, 6) is 2.08. The molecular weight excluding hydrogens is 448 g/mol. The molecule has 3 aliphatic heterocycles. The topological polar surface area (TPSA) is 67.7 Å². The fraction of sp³-hybridized carbons (Fsp3) is 0.700. The lowest BCUT2D eigenvalue weighted by molar-refractivity contribution is -0.144. The summed E-state index contributed by atoms with van der Waals surface area (Å²) in [6.07, 6.45) is 9.54. The first-order valence-electron chi connectivity index (χ1n) is 14.3. The molecule has 0 atom stereocenters. The number of hydrogen-bond donors (Lipinski definition) is 0. The summed E-state index contributed by atoms with van der Waals surface area (Å²) in [5, 5.41) is 9.51. The number of nitriles is 1. The molecule has 1 aromatic rings. The molecule has 3 fully saturated rings. The van der Waals surface area contributed by atoms with E-state index in [9.17, 15) is 14.9 Å². The predicted molar refractivity (Wildman–Crippen MR) is 140 cm³/mol. The lowest BCUT2D eigenvalue weighted by Gasteiger charge is -2.50. The van der Waals surface area contributed by atoms with Gasteiger partial charge >= 0.3 is 0 Å². The first-order chi connectivity index (χ1) is 17.4. The van der Waals surface area contributed by atoms with E-state index in [0.717, 1.165) is 68.3 Å². The maximum Gasteiger partial charge on any atom is 0.233 e. The van der Waals surface area contributed by atoms with Crippen LogP contribution in [0.5, 0.6) is 0 Å². The zero-order chi connectivity index (χ0) is 25.3. The largest absolute Gasteiger partial charge is 0.341 e. The first kappa shape index (κ1) is 25.3. The zero-order valence-electron chi connectivity index (χ0n) is 22.2. The maximum atomic E-state index is 14.1. The van der Waals surface area contributed by atoms with Crippen LogP contribution in [0, 0.1) is 23.2 Å². The van der Waals surface area contributed by atoms with Crippen molar-refractivity contribution in [2.75, 3.05) is 32.7 Å². The van der Waals surface area contributed by atoms with Crippen molar-refractivity contribution in [2.24, 2.45) is 11.8 Å². The van der Waals surface area contributed by atoms with E-state index in [1.165, 1.54) is 25.7 Å². The van der Waals surface area contributed by atoms with Crippen LogP contribution < -0.4 is 0 Å². The molecule has 4 aliphatic rings. The molecule has 194 valence electrons. The first-order valence-corrected chi connectivity index (χ1v) is 14.3. The molecular formula is C30H42N4O2. The summed E-state index contributed by atoms with van der Waals surface area (Å²) < 4.78 is 0. The molecule has 3 heterocycles. The van der Waals surface area contributed by atoms with Gasteiger partial charge < -0.3 is 14.7 Å². The van der Waals surface area contributed by atoms with E-state index in [1.807, 2.05) is 21.9 Å². The van der Waals surface area contributed by atoms with Gasteiger partial charge in [-0.05, 0) is 99.6 Å². The van der Waals surface area contributed by atoms with Gasteiger partial charge in [0.15, 0.2) is 0 Å². The van der Waals surface area contributed by atoms with Crippen LogP contribution in [0.3, 0.4) is 0 Å². The number of hydrogen-bond acceptors (Lipinski definition) is 4. The highest BCUT2D eigenvalue weighted by molar-refractivity contribution is 5.90. The minimum Gasteiger partial charge on any atom is -0.341 e. The summed E-state index contributed by atoms with van der Waals surface area (Å²) in [6, 6.07) is 8.86. The highest BCUT2D eigenvalue weighted by atomic mass is 16.2. The fourth-order valence-electron chi connectivity index (χ4n) is 7.36. The molecule has 6 heteroatoms. The van der Waals surface area contributed by atoms with Crippen molar-refractivity contribution >= 4 is 11.8 Å². The highest BCUT2D eigenvalue weighted by Gasteiger charge is 2.49. The Bertz CT molecular complexity index is 1010. The Labute approximate surface area is 216 Å². The van der Waals surface area contributed by atoms with Gasteiger partial charge in [-0.15, -0.1) is 0 Å². The molecule has 5 rings (SSSR count). The number of carbonyl (C=O) groups excluding carboxylic acids is 2. The molecule has 1 aliphatic carbocycles. The summed E-state index contributed by atoms with van der Waals surface area (Å²) in [4.78, 5) is 33.0. The van der Waals surface area contributed by atoms with Crippen LogP contribution in [0.2, 0.25) is 0 Å². The Balaban J connectivity index is 1.32. The zero-order valence-corrected chi connectivity index (χ0v) is 22.2. The molecule has 1 aromatic carbocycles.